The summed E-state index contributed by atoms with van der Waals surface area (Å²) in [5.74, 6) is 0.00165. The lowest BCUT2D eigenvalue weighted by Crippen LogP contribution is -1.99. The van der Waals surface area contributed by atoms with Crippen LogP contribution >= 0.6 is 0 Å². The van der Waals surface area contributed by atoms with Gasteiger partial charge in [-0.3, -0.25) is 9.59 Å². The average Bonchev–Trinajstić information content (AvgIpc) is 3.31. The van der Waals surface area contributed by atoms with Crippen LogP contribution in [0.25, 0.3) is 28.4 Å². The first-order chi connectivity index (χ1) is 13.1. The highest BCUT2D eigenvalue weighted by Crippen LogP contribution is 2.32. The molecule has 0 radical (unpaired) electrons. The molecule has 0 bridgehead atoms. The van der Waals surface area contributed by atoms with E-state index in [1.165, 1.54) is 0 Å². The van der Waals surface area contributed by atoms with Gasteiger partial charge < -0.3 is 8.98 Å². The van der Waals surface area contributed by atoms with E-state index in [0.29, 0.717) is 16.9 Å². The van der Waals surface area contributed by atoms with Crippen LogP contribution in [0.2, 0.25) is 0 Å². The number of aryl methyl sites for hydroxylation is 1. The van der Waals surface area contributed by atoms with E-state index in [2.05, 4.69) is 0 Å². The third-order valence-corrected chi connectivity index (χ3v) is 5.01. The van der Waals surface area contributed by atoms with E-state index < -0.39 is 0 Å². The highest BCUT2D eigenvalue weighted by atomic mass is 16.3. The van der Waals surface area contributed by atoms with Crippen molar-refractivity contribution in [2.45, 2.75) is 0 Å². The largest absolute Gasteiger partial charge is 0.455 e. The molecule has 0 saturated carbocycles. The molecule has 2 aromatic carbocycles. The normalized spacial score (nSPS) is 13.4. The molecule has 5 rings (SSSR count). The molecule has 0 amide bonds. The molecule has 0 N–H and O–H groups in total. The Labute approximate surface area is 155 Å². The summed E-state index contributed by atoms with van der Waals surface area (Å²) in [6, 6.07) is 20.8. The fourth-order valence-electron chi connectivity index (χ4n) is 3.63. The lowest BCUT2D eigenvalue weighted by atomic mass is 10.1. The highest BCUT2D eigenvalue weighted by Gasteiger charge is 2.32. The molecule has 2 aromatic heterocycles. The van der Waals surface area contributed by atoms with Crippen LogP contribution in [0.15, 0.2) is 76.7 Å². The smallest absolute Gasteiger partial charge is 0.197 e. The van der Waals surface area contributed by atoms with E-state index in [-0.39, 0.29) is 17.1 Å². The Morgan fingerprint density at radius 3 is 2.11 bits per heavy atom. The number of carbonyl (C=O) groups is 2. The highest BCUT2D eigenvalue weighted by molar-refractivity contribution is 6.41. The van der Waals surface area contributed by atoms with Crippen LogP contribution in [0.4, 0.5) is 0 Å². The SMILES string of the molecule is Cn1c(-c2ccccc2)cc2oc(C=C3C(=O)c4ccccc4C3=O)cc21. The monoisotopic (exact) mass is 353 g/mol. The van der Waals surface area contributed by atoms with E-state index in [9.17, 15) is 9.59 Å². The van der Waals surface area contributed by atoms with Crippen molar-refractivity contribution in [2.75, 3.05) is 0 Å². The van der Waals surface area contributed by atoms with Crippen molar-refractivity contribution >= 4 is 28.7 Å². The number of Topliss-reactive ketones (excluding diaryl/α,β-unsaturated/α-hetero) is 2. The lowest BCUT2D eigenvalue weighted by molar-refractivity contribution is 0.0990. The first kappa shape index (κ1) is 15.6. The van der Waals surface area contributed by atoms with Crippen molar-refractivity contribution in [3.63, 3.8) is 0 Å². The van der Waals surface area contributed by atoms with Crippen LogP contribution in [0.3, 0.4) is 0 Å². The number of nitrogens with zero attached hydrogens (tertiary/aromatic N) is 1. The Morgan fingerprint density at radius 2 is 1.48 bits per heavy atom. The first-order valence-corrected chi connectivity index (χ1v) is 8.68. The molecule has 0 fully saturated rings. The maximum Gasteiger partial charge on any atom is 0.197 e. The summed E-state index contributed by atoms with van der Waals surface area (Å²) >= 11 is 0. The van der Waals surface area contributed by atoms with Crippen molar-refractivity contribution in [3.05, 3.63) is 89.2 Å². The summed E-state index contributed by atoms with van der Waals surface area (Å²) in [6.07, 6.45) is 1.55. The average molecular weight is 353 g/mol. The third-order valence-electron chi connectivity index (χ3n) is 5.01. The number of benzene rings is 2. The van der Waals surface area contributed by atoms with Crippen LogP contribution in [0, 0.1) is 0 Å². The van der Waals surface area contributed by atoms with Crippen LogP contribution < -0.4 is 0 Å². The van der Waals surface area contributed by atoms with Crippen molar-refractivity contribution in [2.24, 2.45) is 7.05 Å². The summed E-state index contributed by atoms with van der Waals surface area (Å²) < 4.78 is 7.95. The van der Waals surface area contributed by atoms with Gasteiger partial charge in [0.2, 0.25) is 0 Å². The molecule has 130 valence electrons. The van der Waals surface area contributed by atoms with Crippen molar-refractivity contribution < 1.29 is 14.0 Å². The number of carbonyl (C=O) groups excluding carboxylic acids is 2. The summed E-state index contributed by atoms with van der Waals surface area (Å²) in [5, 5.41) is 0. The zero-order valence-corrected chi connectivity index (χ0v) is 14.6. The summed E-state index contributed by atoms with van der Waals surface area (Å²) in [4.78, 5) is 25.1. The quantitative estimate of drug-likeness (QED) is 0.380. The molecule has 4 heteroatoms. The maximum atomic E-state index is 12.5. The number of aromatic nitrogens is 1. The molecule has 0 spiro atoms. The van der Waals surface area contributed by atoms with E-state index in [0.717, 1.165) is 22.4 Å². The molecule has 1 aliphatic rings. The van der Waals surface area contributed by atoms with Gasteiger partial charge in [-0.2, -0.15) is 0 Å². The molecule has 4 nitrogen and oxygen atoms in total. The predicted octanol–water partition coefficient (Wildman–Crippen LogP) is 4.90. The van der Waals surface area contributed by atoms with Gasteiger partial charge in [0.1, 0.15) is 5.76 Å². The van der Waals surface area contributed by atoms with Crippen molar-refractivity contribution in [3.8, 4) is 11.3 Å². The molecule has 0 saturated heterocycles. The summed E-state index contributed by atoms with van der Waals surface area (Å²) in [7, 11) is 1.97. The number of allylic oxidation sites excluding steroid dienone is 1. The van der Waals surface area contributed by atoms with E-state index in [1.54, 1.807) is 30.3 Å². The molecule has 0 unspecified atom stereocenters. The number of fused-ring (bicyclic) bond motifs is 2. The van der Waals surface area contributed by atoms with Crippen molar-refractivity contribution in [1.29, 1.82) is 0 Å². The summed E-state index contributed by atoms with van der Waals surface area (Å²) in [6.45, 7) is 0. The standard InChI is InChI=1S/C23H15NO3/c1-24-19(14-7-3-2-4-8-14)13-21-20(24)12-15(27-21)11-18-22(25)16-9-5-6-10-17(16)23(18)26/h2-13H,1H3. The number of hydrogen-bond acceptors (Lipinski definition) is 3. The zero-order valence-electron chi connectivity index (χ0n) is 14.6. The van der Waals surface area contributed by atoms with Gasteiger partial charge in [0.15, 0.2) is 17.1 Å². The fraction of sp³-hybridized carbons (Fsp3) is 0.0435. The maximum absolute atomic E-state index is 12.5. The molecular formula is C23H15NO3. The number of rotatable bonds is 2. The second kappa shape index (κ2) is 5.68. The molecule has 27 heavy (non-hydrogen) atoms. The minimum Gasteiger partial charge on any atom is -0.455 e. The Hall–Kier alpha value is -3.66. The molecule has 2 heterocycles. The Morgan fingerprint density at radius 1 is 0.852 bits per heavy atom. The zero-order chi connectivity index (χ0) is 18.5. The fourth-order valence-corrected chi connectivity index (χ4v) is 3.63. The van der Waals surface area contributed by atoms with Crippen LogP contribution in [0.1, 0.15) is 26.5 Å². The van der Waals surface area contributed by atoms with Crippen LogP contribution in [0.5, 0.6) is 0 Å². The minimum atomic E-state index is -0.249. The van der Waals surface area contributed by atoms with Gasteiger partial charge in [0, 0.05) is 30.3 Å². The lowest BCUT2D eigenvalue weighted by Gasteiger charge is -2.03. The van der Waals surface area contributed by atoms with E-state index in [1.807, 2.05) is 54.1 Å². The topological polar surface area (TPSA) is 52.2 Å². The van der Waals surface area contributed by atoms with Gasteiger partial charge in [-0.1, -0.05) is 54.6 Å². The van der Waals surface area contributed by atoms with Gasteiger partial charge in [0.05, 0.1) is 16.8 Å². The van der Waals surface area contributed by atoms with Gasteiger partial charge in [0.25, 0.3) is 0 Å². The third kappa shape index (κ3) is 2.30. The molecule has 4 aromatic rings. The van der Waals surface area contributed by atoms with E-state index in [4.69, 9.17) is 4.42 Å². The second-order valence-electron chi connectivity index (χ2n) is 6.61. The number of hydrogen-bond donors (Lipinski definition) is 0. The Bertz CT molecular complexity index is 1220. The van der Waals surface area contributed by atoms with E-state index >= 15 is 0 Å². The first-order valence-electron chi connectivity index (χ1n) is 8.68. The van der Waals surface area contributed by atoms with Gasteiger partial charge in [-0.25, -0.2) is 0 Å². The Kier molecular flexibility index (Phi) is 3.28. The van der Waals surface area contributed by atoms with Crippen LogP contribution in [-0.2, 0) is 7.05 Å². The second-order valence-corrected chi connectivity index (χ2v) is 6.61. The minimum absolute atomic E-state index is 0.151. The summed E-state index contributed by atoms with van der Waals surface area (Å²) in [5.41, 5.74) is 4.84. The predicted molar refractivity (Wildman–Crippen MR) is 104 cm³/mol. The van der Waals surface area contributed by atoms with Gasteiger partial charge >= 0.3 is 0 Å². The van der Waals surface area contributed by atoms with Crippen LogP contribution in [-0.4, -0.2) is 16.1 Å². The Balaban J connectivity index is 1.57. The van der Waals surface area contributed by atoms with Gasteiger partial charge in [-0.05, 0) is 11.6 Å². The van der Waals surface area contributed by atoms with Gasteiger partial charge in [-0.15, -0.1) is 0 Å². The molecule has 1 aliphatic carbocycles. The number of furan rings is 1. The molecule has 0 atom stereocenters. The molecular weight excluding hydrogens is 338 g/mol. The van der Waals surface area contributed by atoms with Crippen molar-refractivity contribution in [1.82, 2.24) is 4.57 Å². The number of ketones is 2. The molecule has 0 aliphatic heterocycles.